The van der Waals surface area contributed by atoms with Gasteiger partial charge in [-0.15, -0.1) is 0 Å². The number of nitrogens with zero attached hydrogens (tertiary/aromatic N) is 1. The van der Waals surface area contributed by atoms with Crippen molar-refractivity contribution in [1.29, 1.82) is 5.26 Å². The van der Waals surface area contributed by atoms with Gasteiger partial charge in [-0.3, -0.25) is 0 Å². The first-order valence-electron chi connectivity index (χ1n) is 2.43. The molecule has 0 bridgehead atoms. The van der Waals surface area contributed by atoms with E-state index >= 15 is 0 Å². The van der Waals surface area contributed by atoms with E-state index in [4.69, 9.17) is 5.26 Å². The predicted molar refractivity (Wildman–Crippen MR) is 25.8 cm³/mol. The molecule has 0 atom stereocenters. The molecule has 0 saturated heterocycles. The van der Waals surface area contributed by atoms with Crippen molar-refractivity contribution in [2.45, 2.75) is 12.4 Å². The highest BCUT2D eigenvalue weighted by Crippen LogP contribution is 2.29. The molecule has 0 amide bonds. The summed E-state index contributed by atoms with van der Waals surface area (Å²) >= 11 is 0. The fourth-order valence-corrected chi connectivity index (χ4v) is 0.341. The van der Waals surface area contributed by atoms with Crippen molar-refractivity contribution >= 4 is 0 Å². The van der Waals surface area contributed by atoms with E-state index < -0.39 is 24.0 Å². The first kappa shape index (κ1) is 10.8. The van der Waals surface area contributed by atoms with Gasteiger partial charge in [-0.1, -0.05) is 0 Å². The van der Waals surface area contributed by atoms with E-state index in [2.05, 4.69) is 0 Å². The lowest BCUT2D eigenvalue weighted by atomic mass is 10.2. The standard InChI is InChI=1S/C5HF6N/c6-4(7,8)1-3(2-12)5(9,10)11/h1H. The van der Waals surface area contributed by atoms with Crippen LogP contribution in [0.25, 0.3) is 0 Å². The average Bonchev–Trinajstić information content (AvgIpc) is 1.78. The molecule has 0 spiro atoms. The molecule has 1 nitrogen and oxygen atoms in total. The van der Waals surface area contributed by atoms with Crippen LogP contribution in [0.3, 0.4) is 0 Å². The zero-order chi connectivity index (χ0) is 9.99. The van der Waals surface area contributed by atoms with Crippen LogP contribution < -0.4 is 0 Å². The Labute approximate surface area is 62.9 Å². The molecule has 0 heterocycles. The number of halogens is 6. The largest absolute Gasteiger partial charge is 0.426 e. The summed E-state index contributed by atoms with van der Waals surface area (Å²) in [4.78, 5) is 0. The number of hydrogen-bond acceptors (Lipinski definition) is 1. The Morgan fingerprint density at radius 1 is 1.08 bits per heavy atom. The van der Waals surface area contributed by atoms with Crippen molar-refractivity contribution in [1.82, 2.24) is 0 Å². The monoisotopic (exact) mass is 189 g/mol. The molecular weight excluding hydrogens is 188 g/mol. The highest BCUT2D eigenvalue weighted by Gasteiger charge is 2.38. The van der Waals surface area contributed by atoms with Gasteiger partial charge in [0.1, 0.15) is 11.6 Å². The second-order valence-corrected chi connectivity index (χ2v) is 1.71. The van der Waals surface area contributed by atoms with Gasteiger partial charge >= 0.3 is 12.4 Å². The van der Waals surface area contributed by atoms with Crippen molar-refractivity contribution in [3.05, 3.63) is 11.6 Å². The molecule has 0 aromatic heterocycles. The molecule has 68 valence electrons. The maximum absolute atomic E-state index is 11.5. The quantitative estimate of drug-likeness (QED) is 0.424. The molecule has 0 aliphatic rings. The van der Waals surface area contributed by atoms with Gasteiger partial charge in [0.05, 0.1) is 0 Å². The maximum atomic E-state index is 11.5. The van der Waals surface area contributed by atoms with E-state index in [1.807, 2.05) is 0 Å². The molecule has 0 rings (SSSR count). The lowest BCUT2D eigenvalue weighted by Crippen LogP contribution is -2.14. The Bertz CT molecular complexity index is 226. The predicted octanol–water partition coefficient (Wildman–Crippen LogP) is 2.56. The fraction of sp³-hybridized carbons (Fsp3) is 0.400. The van der Waals surface area contributed by atoms with Gasteiger partial charge in [0.2, 0.25) is 0 Å². The summed E-state index contributed by atoms with van der Waals surface area (Å²) in [6, 6.07) is 0.415. The molecule has 0 N–H and O–H groups in total. The normalized spacial score (nSPS) is 14.2. The molecule has 12 heavy (non-hydrogen) atoms. The summed E-state index contributed by atoms with van der Waals surface area (Å²) in [6.45, 7) is 0. The molecule has 0 saturated carbocycles. The van der Waals surface area contributed by atoms with Crippen LogP contribution in [-0.2, 0) is 0 Å². The van der Waals surface area contributed by atoms with E-state index in [1.165, 1.54) is 0 Å². The van der Waals surface area contributed by atoms with Gasteiger partial charge in [0.15, 0.2) is 0 Å². The van der Waals surface area contributed by atoms with E-state index in [0.29, 0.717) is 6.07 Å². The molecule has 0 radical (unpaired) electrons. The third-order valence-electron chi connectivity index (χ3n) is 0.734. The molecular formula is C5HF6N. The van der Waals surface area contributed by atoms with Gasteiger partial charge in [-0.2, -0.15) is 31.6 Å². The molecule has 0 fully saturated rings. The molecule has 7 heteroatoms. The lowest BCUT2D eigenvalue weighted by molar-refractivity contribution is -0.104. The van der Waals surface area contributed by atoms with E-state index in [0.717, 1.165) is 0 Å². The summed E-state index contributed by atoms with van der Waals surface area (Å²) in [5.74, 6) is 0. The second kappa shape index (κ2) is 3.05. The first-order chi connectivity index (χ1) is 5.17. The number of nitriles is 1. The number of hydrogen-bond donors (Lipinski definition) is 0. The minimum absolute atomic E-state index is 0.415. The highest BCUT2D eigenvalue weighted by atomic mass is 19.4. The van der Waals surface area contributed by atoms with Crippen LogP contribution in [0.4, 0.5) is 26.3 Å². The smallest absolute Gasteiger partial charge is 0.192 e. The lowest BCUT2D eigenvalue weighted by Gasteiger charge is -2.05. The van der Waals surface area contributed by atoms with Crippen LogP contribution in [-0.4, -0.2) is 12.4 Å². The number of allylic oxidation sites excluding steroid dienone is 2. The third-order valence-corrected chi connectivity index (χ3v) is 0.734. The molecule has 0 aromatic rings. The Hall–Kier alpha value is -1.19. The molecule has 0 aliphatic carbocycles. The second-order valence-electron chi connectivity index (χ2n) is 1.71. The van der Waals surface area contributed by atoms with Gasteiger partial charge in [-0.05, 0) is 0 Å². The van der Waals surface area contributed by atoms with E-state index in [9.17, 15) is 26.3 Å². The third kappa shape index (κ3) is 3.85. The van der Waals surface area contributed by atoms with Gasteiger partial charge in [-0.25, -0.2) is 0 Å². The van der Waals surface area contributed by atoms with Gasteiger partial charge in [0.25, 0.3) is 0 Å². The Morgan fingerprint density at radius 2 is 1.50 bits per heavy atom. The average molecular weight is 189 g/mol. The summed E-state index contributed by atoms with van der Waals surface area (Å²) < 4.78 is 68.3. The summed E-state index contributed by atoms with van der Waals surface area (Å²) in [5.41, 5.74) is -2.25. The van der Waals surface area contributed by atoms with Gasteiger partial charge < -0.3 is 0 Å². The van der Waals surface area contributed by atoms with E-state index in [1.54, 1.807) is 0 Å². The zero-order valence-corrected chi connectivity index (χ0v) is 5.29. The topological polar surface area (TPSA) is 23.8 Å². The van der Waals surface area contributed by atoms with Crippen LogP contribution in [0.2, 0.25) is 0 Å². The van der Waals surface area contributed by atoms with Crippen molar-refractivity contribution in [3.63, 3.8) is 0 Å². The fourth-order valence-electron chi connectivity index (χ4n) is 0.341. The van der Waals surface area contributed by atoms with Crippen LogP contribution in [0.15, 0.2) is 11.6 Å². The SMILES string of the molecule is N#CC(=CC(F)(F)F)C(F)(F)F. The van der Waals surface area contributed by atoms with Crippen LogP contribution >= 0.6 is 0 Å². The minimum atomic E-state index is -5.25. The van der Waals surface area contributed by atoms with Gasteiger partial charge in [0, 0.05) is 6.08 Å². The van der Waals surface area contributed by atoms with Crippen LogP contribution in [0, 0.1) is 11.3 Å². The van der Waals surface area contributed by atoms with Crippen molar-refractivity contribution in [2.24, 2.45) is 0 Å². The van der Waals surface area contributed by atoms with Crippen molar-refractivity contribution in [3.8, 4) is 6.07 Å². The molecule has 0 unspecified atom stereocenters. The number of alkyl halides is 6. The number of rotatable bonds is 0. The van der Waals surface area contributed by atoms with Crippen LogP contribution in [0.1, 0.15) is 0 Å². The maximum Gasteiger partial charge on any atom is 0.426 e. The zero-order valence-electron chi connectivity index (χ0n) is 5.29. The van der Waals surface area contributed by atoms with Crippen molar-refractivity contribution < 1.29 is 26.3 Å². The Balaban J connectivity index is 4.85. The summed E-state index contributed by atoms with van der Waals surface area (Å²) in [6.07, 6.45) is -11.4. The Morgan fingerprint density at radius 3 is 1.58 bits per heavy atom. The minimum Gasteiger partial charge on any atom is -0.192 e. The van der Waals surface area contributed by atoms with E-state index in [-0.39, 0.29) is 0 Å². The molecule has 0 aromatic carbocycles. The summed E-state index contributed by atoms with van der Waals surface area (Å²) in [5, 5.41) is 7.69. The molecule has 0 aliphatic heterocycles. The van der Waals surface area contributed by atoms with Crippen molar-refractivity contribution in [2.75, 3.05) is 0 Å². The van der Waals surface area contributed by atoms with Crippen LogP contribution in [0.5, 0.6) is 0 Å². The summed E-state index contributed by atoms with van der Waals surface area (Å²) in [7, 11) is 0. The highest BCUT2D eigenvalue weighted by molar-refractivity contribution is 5.27. The first-order valence-corrected chi connectivity index (χ1v) is 2.43. The Kier molecular flexibility index (Phi) is 2.74.